The summed E-state index contributed by atoms with van der Waals surface area (Å²) < 4.78 is 19.4. The van der Waals surface area contributed by atoms with Crippen molar-refractivity contribution in [1.29, 1.82) is 0 Å². The second kappa shape index (κ2) is 8.98. The molecule has 8 nitrogen and oxygen atoms in total. The van der Waals surface area contributed by atoms with Crippen molar-refractivity contribution in [3.8, 4) is 0 Å². The van der Waals surface area contributed by atoms with Crippen LogP contribution in [-0.2, 0) is 21.6 Å². The number of benzene rings is 1. The molecular formula is C26H26FN5O3. The van der Waals surface area contributed by atoms with Crippen molar-refractivity contribution >= 4 is 29.7 Å². The standard InChI is InChI=1S/C26H26FN5O3/c1-3-28-21(24(33)32-12-8-18-16-19(27)6-7-22(18)32)15-17(2)31-13-9-26(10-14-31)20-5-4-11-29-23(20)30-25(34)35-26/h3-7,11,15-16H,2,8-10,12-14H2,1H3,(H,29,30,34)/b21-15-,28-3-. The topological polar surface area (TPSA) is 87.1 Å². The fourth-order valence-corrected chi connectivity index (χ4v) is 5.02. The van der Waals surface area contributed by atoms with Crippen LogP contribution in [0, 0.1) is 5.82 Å². The van der Waals surface area contributed by atoms with Crippen molar-refractivity contribution in [1.82, 2.24) is 9.88 Å². The van der Waals surface area contributed by atoms with Crippen LogP contribution in [0.15, 0.2) is 65.6 Å². The smallest absolute Gasteiger partial charge is 0.413 e. The minimum Gasteiger partial charge on any atom is -0.437 e. The summed E-state index contributed by atoms with van der Waals surface area (Å²) in [6, 6.07) is 8.23. The number of hydrogen-bond donors (Lipinski definition) is 1. The Morgan fingerprint density at radius 1 is 1.29 bits per heavy atom. The average molecular weight is 476 g/mol. The van der Waals surface area contributed by atoms with Gasteiger partial charge in [0, 0.05) is 61.8 Å². The maximum Gasteiger partial charge on any atom is 0.413 e. The molecule has 0 atom stereocenters. The number of piperidine rings is 1. The van der Waals surface area contributed by atoms with Crippen molar-refractivity contribution in [2.24, 2.45) is 4.99 Å². The lowest BCUT2D eigenvalue weighted by Crippen LogP contribution is -2.48. The maximum atomic E-state index is 13.6. The number of carbonyl (C=O) groups is 2. The van der Waals surface area contributed by atoms with Gasteiger partial charge in [-0.15, -0.1) is 0 Å². The minimum absolute atomic E-state index is 0.254. The SMILES string of the molecule is C=C(/C=C(\N=C/C)C(=O)N1CCc2cc(F)ccc21)N1CCC2(CC1)OC(=O)Nc1ncccc12. The van der Waals surface area contributed by atoms with Gasteiger partial charge in [-0.3, -0.25) is 15.1 Å². The van der Waals surface area contributed by atoms with Gasteiger partial charge in [0.2, 0.25) is 0 Å². The lowest BCUT2D eigenvalue weighted by Gasteiger charge is -2.44. The van der Waals surface area contributed by atoms with Gasteiger partial charge in [0.25, 0.3) is 5.91 Å². The van der Waals surface area contributed by atoms with Gasteiger partial charge in [-0.2, -0.15) is 0 Å². The molecule has 0 bridgehead atoms. The molecule has 3 aliphatic heterocycles. The Kier molecular flexibility index (Phi) is 5.84. The van der Waals surface area contributed by atoms with Crippen LogP contribution >= 0.6 is 0 Å². The molecule has 1 spiro atoms. The first-order valence-electron chi connectivity index (χ1n) is 11.6. The monoisotopic (exact) mass is 475 g/mol. The van der Waals surface area contributed by atoms with Crippen LogP contribution in [0.1, 0.15) is 30.9 Å². The number of pyridine rings is 1. The second-order valence-corrected chi connectivity index (χ2v) is 8.78. The van der Waals surface area contributed by atoms with E-state index in [1.54, 1.807) is 36.4 Å². The van der Waals surface area contributed by atoms with Crippen molar-refractivity contribution in [3.63, 3.8) is 0 Å². The lowest BCUT2D eigenvalue weighted by molar-refractivity contribution is -0.115. The summed E-state index contributed by atoms with van der Waals surface area (Å²) in [7, 11) is 0. The Labute approximate surface area is 202 Å². The molecule has 4 heterocycles. The first-order chi connectivity index (χ1) is 16.9. The molecule has 1 N–H and O–H groups in total. The Morgan fingerprint density at radius 3 is 2.86 bits per heavy atom. The molecule has 3 aliphatic rings. The molecule has 2 amide bonds. The van der Waals surface area contributed by atoms with E-state index >= 15 is 0 Å². The maximum absolute atomic E-state index is 13.6. The molecule has 0 radical (unpaired) electrons. The summed E-state index contributed by atoms with van der Waals surface area (Å²) in [6.07, 6.45) is 6.13. The summed E-state index contributed by atoms with van der Waals surface area (Å²) in [5.74, 6) is -0.0308. The van der Waals surface area contributed by atoms with Crippen LogP contribution in [0.2, 0.25) is 0 Å². The fraction of sp³-hybridized carbons (Fsp3) is 0.308. The Hall–Kier alpha value is -4.01. The van der Waals surface area contributed by atoms with Crippen molar-refractivity contribution < 1.29 is 18.7 Å². The lowest BCUT2D eigenvalue weighted by atomic mass is 9.83. The van der Waals surface area contributed by atoms with E-state index in [1.807, 2.05) is 12.1 Å². The number of ether oxygens (including phenoxy) is 1. The van der Waals surface area contributed by atoms with E-state index in [1.165, 1.54) is 12.1 Å². The van der Waals surface area contributed by atoms with Crippen molar-refractivity contribution in [2.75, 3.05) is 29.9 Å². The van der Waals surface area contributed by atoms with Crippen LogP contribution in [0.25, 0.3) is 0 Å². The molecule has 1 fully saturated rings. The molecule has 35 heavy (non-hydrogen) atoms. The Balaban J connectivity index is 1.33. The van der Waals surface area contributed by atoms with Gasteiger partial charge in [-0.25, -0.2) is 14.2 Å². The average Bonchev–Trinajstić information content (AvgIpc) is 3.26. The number of hydrogen-bond acceptors (Lipinski definition) is 6. The summed E-state index contributed by atoms with van der Waals surface area (Å²) in [6.45, 7) is 7.57. The molecule has 2 aromatic rings. The number of aliphatic imine (C=N–C) groups is 1. The number of nitrogens with one attached hydrogen (secondary N) is 1. The quantitative estimate of drug-likeness (QED) is 0.408. The third kappa shape index (κ3) is 4.18. The predicted molar refractivity (Wildman–Crippen MR) is 131 cm³/mol. The highest BCUT2D eigenvalue weighted by Crippen LogP contribution is 2.43. The molecular weight excluding hydrogens is 449 g/mol. The molecule has 1 aromatic carbocycles. The van der Waals surface area contributed by atoms with Crippen LogP contribution in [0.4, 0.5) is 20.7 Å². The van der Waals surface area contributed by atoms with Gasteiger partial charge >= 0.3 is 6.09 Å². The highest BCUT2D eigenvalue weighted by Gasteiger charge is 2.45. The number of carbonyl (C=O) groups excluding carboxylic acids is 2. The molecule has 1 saturated heterocycles. The van der Waals surface area contributed by atoms with Gasteiger partial charge in [0.15, 0.2) is 0 Å². The Bertz CT molecular complexity index is 1260. The number of nitrogens with zero attached hydrogens (tertiary/aromatic N) is 4. The molecule has 0 aliphatic carbocycles. The van der Waals surface area contributed by atoms with E-state index < -0.39 is 11.7 Å². The molecule has 0 unspecified atom stereocenters. The van der Waals surface area contributed by atoms with Crippen LogP contribution in [-0.4, -0.2) is 47.7 Å². The zero-order valence-electron chi connectivity index (χ0n) is 19.5. The highest BCUT2D eigenvalue weighted by molar-refractivity contribution is 6.07. The van der Waals surface area contributed by atoms with Gasteiger partial charge in [0.1, 0.15) is 22.9 Å². The summed E-state index contributed by atoms with van der Waals surface area (Å²) in [4.78, 5) is 37.8. The van der Waals surface area contributed by atoms with E-state index in [-0.39, 0.29) is 17.4 Å². The minimum atomic E-state index is -0.735. The number of amides is 2. The number of halogens is 1. The molecule has 0 saturated carbocycles. The first kappa shape index (κ1) is 22.8. The number of aromatic nitrogens is 1. The van der Waals surface area contributed by atoms with Gasteiger partial charge < -0.3 is 14.5 Å². The molecule has 9 heteroatoms. The third-order valence-corrected chi connectivity index (χ3v) is 6.76. The number of fused-ring (bicyclic) bond motifs is 3. The van der Waals surface area contributed by atoms with Gasteiger partial charge in [-0.05, 0) is 55.3 Å². The van der Waals surface area contributed by atoms with E-state index in [0.29, 0.717) is 56.1 Å². The predicted octanol–water partition coefficient (Wildman–Crippen LogP) is 4.15. The van der Waals surface area contributed by atoms with E-state index in [2.05, 4.69) is 26.8 Å². The third-order valence-electron chi connectivity index (χ3n) is 6.76. The summed E-state index contributed by atoms with van der Waals surface area (Å²) in [5.41, 5.74) is 2.57. The number of likely N-dealkylation sites (tertiary alicyclic amines) is 1. The van der Waals surface area contributed by atoms with Crippen LogP contribution in [0.5, 0.6) is 0 Å². The number of rotatable bonds is 4. The van der Waals surface area contributed by atoms with E-state index in [9.17, 15) is 14.0 Å². The summed E-state index contributed by atoms with van der Waals surface area (Å²) in [5, 5.41) is 2.66. The second-order valence-electron chi connectivity index (χ2n) is 8.78. The largest absolute Gasteiger partial charge is 0.437 e. The normalized spacial score (nSPS) is 18.8. The number of anilines is 2. The van der Waals surface area contributed by atoms with Crippen LogP contribution in [0.3, 0.4) is 0 Å². The highest BCUT2D eigenvalue weighted by atomic mass is 19.1. The zero-order chi connectivity index (χ0) is 24.6. The fourth-order valence-electron chi connectivity index (χ4n) is 5.02. The van der Waals surface area contributed by atoms with E-state index in [4.69, 9.17) is 4.74 Å². The van der Waals surface area contributed by atoms with Gasteiger partial charge in [-0.1, -0.05) is 6.58 Å². The van der Waals surface area contributed by atoms with Crippen LogP contribution < -0.4 is 10.2 Å². The molecule has 180 valence electrons. The first-order valence-corrected chi connectivity index (χ1v) is 11.6. The molecule has 1 aromatic heterocycles. The molecule has 5 rings (SSSR count). The Morgan fingerprint density at radius 2 is 2.09 bits per heavy atom. The zero-order valence-corrected chi connectivity index (χ0v) is 19.5. The summed E-state index contributed by atoms with van der Waals surface area (Å²) >= 11 is 0. The van der Waals surface area contributed by atoms with E-state index in [0.717, 1.165) is 11.1 Å². The van der Waals surface area contributed by atoms with Crippen molar-refractivity contribution in [2.45, 2.75) is 31.8 Å². The number of allylic oxidation sites excluding steroid dienone is 1. The van der Waals surface area contributed by atoms with Gasteiger partial charge in [0.05, 0.1) is 0 Å². The van der Waals surface area contributed by atoms with Crippen molar-refractivity contribution in [3.05, 3.63) is 77.5 Å².